The van der Waals surface area contributed by atoms with Gasteiger partial charge in [-0.15, -0.1) is 0 Å². The predicted molar refractivity (Wildman–Crippen MR) is 104 cm³/mol. The van der Waals surface area contributed by atoms with Gasteiger partial charge in [0.1, 0.15) is 6.61 Å². The third kappa shape index (κ3) is 2.98. The largest absolute Gasteiger partial charge is 0.488 e. The smallest absolute Gasteiger partial charge is 0.350 e. The molecule has 9 heteroatoms. The molecule has 0 saturated heterocycles. The number of ether oxygens (including phenoxy) is 1. The third-order valence-electron chi connectivity index (χ3n) is 4.78. The Kier molecular flexibility index (Phi) is 4.50. The molecule has 4 rings (SSSR count). The molecule has 3 aromatic rings. The van der Waals surface area contributed by atoms with Crippen molar-refractivity contribution in [1.29, 1.82) is 0 Å². The number of aromatic nitrogens is 4. The second-order valence-corrected chi connectivity index (χ2v) is 6.79. The molecule has 0 unspecified atom stereocenters. The quantitative estimate of drug-likeness (QED) is 0.679. The van der Waals surface area contributed by atoms with Gasteiger partial charge in [-0.05, 0) is 18.6 Å². The third-order valence-corrected chi connectivity index (χ3v) is 4.78. The number of hydrogen-bond donors (Lipinski definition) is 0. The van der Waals surface area contributed by atoms with Gasteiger partial charge in [-0.1, -0.05) is 6.92 Å². The summed E-state index contributed by atoms with van der Waals surface area (Å²) in [6.45, 7) is 3.79. The zero-order chi connectivity index (χ0) is 19.8. The number of rotatable bonds is 4. The van der Waals surface area contributed by atoms with E-state index in [1.807, 2.05) is 24.0 Å². The normalized spacial score (nSPS) is 13.3. The Morgan fingerprint density at radius 2 is 2.18 bits per heavy atom. The van der Waals surface area contributed by atoms with E-state index in [0.29, 0.717) is 42.5 Å². The number of carbonyl (C=O) groups excluding carboxylic acids is 1. The van der Waals surface area contributed by atoms with E-state index in [2.05, 4.69) is 10.1 Å². The Morgan fingerprint density at radius 3 is 2.96 bits per heavy atom. The van der Waals surface area contributed by atoms with Crippen LogP contribution in [0.2, 0.25) is 0 Å². The minimum Gasteiger partial charge on any atom is -0.488 e. The van der Waals surface area contributed by atoms with E-state index in [9.17, 15) is 9.59 Å². The van der Waals surface area contributed by atoms with E-state index in [-0.39, 0.29) is 11.6 Å². The molecule has 0 aromatic carbocycles. The lowest BCUT2D eigenvalue weighted by Gasteiger charge is -2.30. The summed E-state index contributed by atoms with van der Waals surface area (Å²) >= 11 is 0. The second kappa shape index (κ2) is 6.99. The van der Waals surface area contributed by atoms with Crippen molar-refractivity contribution in [3.05, 3.63) is 46.6 Å². The number of anilines is 2. The fraction of sp³-hybridized carbons (Fsp3) is 0.368. The first-order valence-electron chi connectivity index (χ1n) is 9.21. The zero-order valence-electron chi connectivity index (χ0n) is 16.1. The Bertz CT molecular complexity index is 1100. The maximum Gasteiger partial charge on any atom is 0.350 e. The van der Waals surface area contributed by atoms with Crippen LogP contribution in [0.5, 0.6) is 5.75 Å². The van der Waals surface area contributed by atoms with E-state index in [1.165, 1.54) is 9.08 Å². The molecular weight excluding hydrogens is 360 g/mol. The van der Waals surface area contributed by atoms with Crippen LogP contribution in [0.3, 0.4) is 0 Å². The number of aryl methyl sites for hydroxylation is 1. The van der Waals surface area contributed by atoms with Crippen molar-refractivity contribution in [2.24, 2.45) is 7.05 Å². The highest BCUT2D eigenvalue weighted by Gasteiger charge is 2.24. The van der Waals surface area contributed by atoms with Crippen molar-refractivity contribution >= 4 is 23.1 Å². The Balaban J connectivity index is 1.69. The van der Waals surface area contributed by atoms with E-state index >= 15 is 0 Å². The average Bonchev–Trinajstić information content (AvgIpc) is 2.99. The van der Waals surface area contributed by atoms with Gasteiger partial charge in [0.2, 0.25) is 0 Å². The first-order valence-corrected chi connectivity index (χ1v) is 9.21. The van der Waals surface area contributed by atoms with E-state index in [4.69, 9.17) is 4.74 Å². The lowest BCUT2D eigenvalue weighted by Crippen LogP contribution is -2.31. The van der Waals surface area contributed by atoms with Gasteiger partial charge in [0.05, 0.1) is 12.1 Å². The second-order valence-electron chi connectivity index (χ2n) is 6.79. The SMILES string of the molecule is CCCN(C)C(=O)c1cnc2c(c1)OCCN2c1ccn2c(=O)n(C)nc2c1. The van der Waals surface area contributed by atoms with E-state index in [0.717, 1.165) is 12.1 Å². The highest BCUT2D eigenvalue weighted by atomic mass is 16.5. The van der Waals surface area contributed by atoms with Crippen molar-refractivity contribution in [2.75, 3.05) is 31.6 Å². The van der Waals surface area contributed by atoms with Crippen LogP contribution in [-0.2, 0) is 7.05 Å². The molecule has 9 nitrogen and oxygen atoms in total. The van der Waals surface area contributed by atoms with Crippen LogP contribution in [0.15, 0.2) is 35.4 Å². The molecule has 4 heterocycles. The molecule has 0 radical (unpaired) electrons. The number of pyridine rings is 2. The van der Waals surface area contributed by atoms with Crippen molar-refractivity contribution in [3.63, 3.8) is 0 Å². The number of nitrogens with zero attached hydrogens (tertiary/aromatic N) is 6. The topological polar surface area (TPSA) is 85.0 Å². The lowest BCUT2D eigenvalue weighted by molar-refractivity contribution is 0.0794. The predicted octanol–water partition coefficient (Wildman–Crippen LogP) is 1.44. The fourth-order valence-corrected chi connectivity index (χ4v) is 3.36. The molecule has 146 valence electrons. The Morgan fingerprint density at radius 1 is 1.36 bits per heavy atom. The van der Waals surface area contributed by atoms with Gasteiger partial charge in [-0.25, -0.2) is 14.5 Å². The summed E-state index contributed by atoms with van der Waals surface area (Å²) in [4.78, 5) is 32.7. The molecule has 1 amide bonds. The molecule has 0 saturated carbocycles. The summed E-state index contributed by atoms with van der Waals surface area (Å²) in [6.07, 6.45) is 4.18. The molecule has 0 spiro atoms. The summed E-state index contributed by atoms with van der Waals surface area (Å²) in [6, 6.07) is 5.43. The van der Waals surface area contributed by atoms with Crippen molar-refractivity contribution < 1.29 is 9.53 Å². The summed E-state index contributed by atoms with van der Waals surface area (Å²) in [5, 5.41) is 4.24. The molecule has 0 fully saturated rings. The van der Waals surface area contributed by atoms with Crippen molar-refractivity contribution in [2.45, 2.75) is 13.3 Å². The molecule has 3 aromatic heterocycles. The summed E-state index contributed by atoms with van der Waals surface area (Å²) in [7, 11) is 3.40. The molecule has 28 heavy (non-hydrogen) atoms. The number of amides is 1. The zero-order valence-corrected chi connectivity index (χ0v) is 16.1. The molecule has 1 aliphatic heterocycles. The Labute approximate surface area is 161 Å². The van der Waals surface area contributed by atoms with E-state index < -0.39 is 0 Å². The van der Waals surface area contributed by atoms with Gasteiger partial charge in [0.15, 0.2) is 17.2 Å². The molecule has 0 aliphatic carbocycles. The minimum absolute atomic E-state index is 0.0767. The lowest BCUT2D eigenvalue weighted by atomic mass is 10.2. The highest BCUT2D eigenvalue weighted by molar-refractivity contribution is 5.94. The van der Waals surface area contributed by atoms with E-state index in [1.54, 1.807) is 37.5 Å². The molecular formula is C19H22N6O3. The van der Waals surface area contributed by atoms with Gasteiger partial charge in [0, 0.05) is 44.8 Å². The van der Waals surface area contributed by atoms with Crippen LogP contribution in [0.1, 0.15) is 23.7 Å². The first-order chi connectivity index (χ1) is 13.5. The molecule has 0 atom stereocenters. The highest BCUT2D eigenvalue weighted by Crippen LogP contribution is 2.35. The van der Waals surface area contributed by atoms with Gasteiger partial charge in [-0.3, -0.25) is 9.20 Å². The van der Waals surface area contributed by atoms with Crippen LogP contribution in [-0.4, -0.2) is 56.7 Å². The molecule has 0 N–H and O–H groups in total. The fourth-order valence-electron chi connectivity index (χ4n) is 3.36. The maximum atomic E-state index is 12.5. The van der Waals surface area contributed by atoms with Gasteiger partial charge >= 0.3 is 5.69 Å². The van der Waals surface area contributed by atoms with Crippen molar-refractivity contribution in [3.8, 4) is 5.75 Å². The van der Waals surface area contributed by atoms with Crippen LogP contribution in [0.4, 0.5) is 11.5 Å². The van der Waals surface area contributed by atoms with Gasteiger partial charge in [0.25, 0.3) is 5.91 Å². The first kappa shape index (κ1) is 18.0. The summed E-state index contributed by atoms with van der Waals surface area (Å²) in [5.74, 6) is 1.14. The number of fused-ring (bicyclic) bond motifs is 2. The molecule has 0 bridgehead atoms. The van der Waals surface area contributed by atoms with Crippen molar-refractivity contribution in [1.82, 2.24) is 24.1 Å². The maximum absolute atomic E-state index is 12.5. The monoisotopic (exact) mass is 382 g/mol. The molecule has 1 aliphatic rings. The van der Waals surface area contributed by atoms with Crippen LogP contribution in [0, 0.1) is 0 Å². The summed E-state index contributed by atoms with van der Waals surface area (Å²) < 4.78 is 8.56. The van der Waals surface area contributed by atoms with Crippen LogP contribution < -0.4 is 15.3 Å². The number of hydrogen-bond acceptors (Lipinski definition) is 6. The minimum atomic E-state index is -0.193. The standard InChI is InChI=1S/C19H22N6O3/c1-4-6-22(2)18(26)13-10-15-17(20-12-13)24(8-9-28-15)14-5-7-25-16(11-14)21-23(3)19(25)27/h5,7,10-12H,4,6,8-9H2,1-3H3. The van der Waals surface area contributed by atoms with Gasteiger partial charge in [-0.2, -0.15) is 5.10 Å². The average molecular weight is 382 g/mol. The van der Waals surface area contributed by atoms with Gasteiger partial charge < -0.3 is 14.5 Å². The Hall–Kier alpha value is -3.36. The number of carbonyl (C=O) groups is 1. The van der Waals surface area contributed by atoms with Crippen LogP contribution in [0.25, 0.3) is 5.65 Å². The summed E-state index contributed by atoms with van der Waals surface area (Å²) in [5.41, 5.74) is 1.73. The van der Waals surface area contributed by atoms with Crippen LogP contribution >= 0.6 is 0 Å².